The van der Waals surface area contributed by atoms with Gasteiger partial charge in [-0.2, -0.15) is 5.10 Å². The van der Waals surface area contributed by atoms with Gasteiger partial charge in [-0.3, -0.25) is 4.79 Å². The molecule has 2 heterocycles. The summed E-state index contributed by atoms with van der Waals surface area (Å²) in [4.78, 5) is 16.7. The van der Waals surface area contributed by atoms with Crippen molar-refractivity contribution in [2.45, 2.75) is 6.54 Å². The number of methoxy groups -OCH3 is 1. The van der Waals surface area contributed by atoms with Crippen LogP contribution in [-0.2, 0) is 6.54 Å². The molecule has 0 unspecified atom stereocenters. The second-order valence-corrected chi connectivity index (χ2v) is 5.24. The summed E-state index contributed by atoms with van der Waals surface area (Å²) in [7, 11) is 1.54. The van der Waals surface area contributed by atoms with E-state index in [-0.39, 0.29) is 5.91 Å². The number of rotatable bonds is 7. The third kappa shape index (κ3) is 3.69. The van der Waals surface area contributed by atoms with Crippen LogP contribution >= 0.6 is 0 Å². The number of nitrogens with two attached hydrogens (primary N) is 1. The van der Waals surface area contributed by atoms with Gasteiger partial charge in [0.25, 0.3) is 5.91 Å². The van der Waals surface area contributed by atoms with Crippen LogP contribution in [0.15, 0.2) is 42.9 Å². The summed E-state index contributed by atoms with van der Waals surface area (Å²) in [5, 5.41) is 7.06. The van der Waals surface area contributed by atoms with Gasteiger partial charge in [0.2, 0.25) is 0 Å². The average molecular weight is 341 g/mol. The van der Waals surface area contributed by atoms with Crippen LogP contribution in [0, 0.1) is 0 Å². The van der Waals surface area contributed by atoms with E-state index < -0.39 is 0 Å². The molecule has 0 fully saturated rings. The molecule has 3 aromatic rings. The first-order valence-electron chi connectivity index (χ1n) is 7.79. The summed E-state index contributed by atoms with van der Waals surface area (Å²) >= 11 is 0. The summed E-state index contributed by atoms with van der Waals surface area (Å²) in [5.41, 5.74) is 7.47. The number of benzene rings is 1. The van der Waals surface area contributed by atoms with E-state index >= 15 is 0 Å². The quantitative estimate of drug-likeness (QED) is 0.664. The molecule has 1 amide bonds. The third-order valence-corrected chi connectivity index (χ3v) is 3.59. The minimum Gasteiger partial charge on any atom is -0.493 e. The maximum Gasteiger partial charge on any atom is 0.251 e. The van der Waals surface area contributed by atoms with Crippen LogP contribution in [0.1, 0.15) is 15.9 Å². The number of hydrogen-bond acceptors (Lipinski definition) is 6. The highest BCUT2D eigenvalue weighted by atomic mass is 16.5. The number of nitrogens with one attached hydrogen (secondary N) is 1. The predicted molar refractivity (Wildman–Crippen MR) is 91.7 cm³/mol. The molecular weight excluding hydrogens is 322 g/mol. The Morgan fingerprint density at radius 1 is 1.36 bits per heavy atom. The topological polar surface area (TPSA) is 104 Å². The van der Waals surface area contributed by atoms with Crippen molar-refractivity contribution >= 4 is 11.6 Å². The van der Waals surface area contributed by atoms with Crippen LogP contribution in [-0.4, -0.2) is 40.8 Å². The van der Waals surface area contributed by atoms with Gasteiger partial charge in [-0.1, -0.05) is 0 Å². The Morgan fingerprint density at radius 3 is 3.04 bits per heavy atom. The monoisotopic (exact) mass is 341 g/mol. The van der Waals surface area contributed by atoms with Crippen LogP contribution < -0.4 is 20.5 Å². The molecule has 25 heavy (non-hydrogen) atoms. The van der Waals surface area contributed by atoms with Crippen molar-refractivity contribution in [3.63, 3.8) is 0 Å². The van der Waals surface area contributed by atoms with Crippen LogP contribution in [0.2, 0.25) is 0 Å². The van der Waals surface area contributed by atoms with E-state index in [4.69, 9.17) is 15.2 Å². The standard InChI is InChI=1S/C17H19N5O3/c1-24-14-4-3-12(9-15(14)25-8-5-18)17(23)20-10-13-11-21-22-7-2-6-19-16(13)22/h2-4,6-7,9,11H,5,8,10,18H2,1H3,(H,20,23). The SMILES string of the molecule is COc1ccc(C(=O)NCc2cnn3cccnc23)cc1OCCN. The van der Waals surface area contributed by atoms with Gasteiger partial charge in [-0.05, 0) is 24.3 Å². The summed E-state index contributed by atoms with van der Waals surface area (Å²) in [6.45, 7) is 1.04. The molecule has 3 rings (SSSR count). The first-order chi connectivity index (χ1) is 12.2. The first-order valence-corrected chi connectivity index (χ1v) is 7.79. The van der Waals surface area contributed by atoms with Crippen LogP contribution in [0.5, 0.6) is 11.5 Å². The van der Waals surface area contributed by atoms with Gasteiger partial charge in [-0.25, -0.2) is 9.50 Å². The minimum atomic E-state index is -0.226. The Balaban J connectivity index is 1.72. The third-order valence-electron chi connectivity index (χ3n) is 3.59. The number of carbonyl (C=O) groups is 1. The van der Waals surface area contributed by atoms with Crippen molar-refractivity contribution in [1.82, 2.24) is 19.9 Å². The molecular formula is C17H19N5O3. The van der Waals surface area contributed by atoms with Gasteiger partial charge in [-0.15, -0.1) is 0 Å². The van der Waals surface area contributed by atoms with Crippen LogP contribution in [0.3, 0.4) is 0 Å². The molecule has 0 aliphatic heterocycles. The average Bonchev–Trinajstić information content (AvgIpc) is 3.07. The second-order valence-electron chi connectivity index (χ2n) is 5.24. The summed E-state index contributed by atoms with van der Waals surface area (Å²) in [5.74, 6) is 0.811. The molecule has 3 N–H and O–H groups in total. The molecule has 0 atom stereocenters. The lowest BCUT2D eigenvalue weighted by Crippen LogP contribution is -2.23. The highest BCUT2D eigenvalue weighted by Crippen LogP contribution is 2.28. The zero-order valence-corrected chi connectivity index (χ0v) is 13.8. The molecule has 0 aliphatic rings. The van der Waals surface area contributed by atoms with Gasteiger partial charge in [0.15, 0.2) is 17.1 Å². The Labute approximate surface area is 144 Å². The fourth-order valence-corrected chi connectivity index (χ4v) is 2.38. The Kier molecular flexibility index (Phi) is 5.10. The van der Waals surface area contributed by atoms with Crippen molar-refractivity contribution in [3.05, 3.63) is 54.0 Å². The molecule has 130 valence electrons. The zero-order chi connectivity index (χ0) is 17.6. The van der Waals surface area contributed by atoms with Crippen molar-refractivity contribution in [2.75, 3.05) is 20.3 Å². The lowest BCUT2D eigenvalue weighted by molar-refractivity contribution is 0.0950. The second kappa shape index (κ2) is 7.63. The van der Waals surface area contributed by atoms with Crippen LogP contribution in [0.25, 0.3) is 5.65 Å². The smallest absolute Gasteiger partial charge is 0.251 e. The number of nitrogens with zero attached hydrogens (tertiary/aromatic N) is 3. The fraction of sp³-hybridized carbons (Fsp3) is 0.235. The highest BCUT2D eigenvalue weighted by Gasteiger charge is 2.12. The number of hydrogen-bond donors (Lipinski definition) is 2. The minimum absolute atomic E-state index is 0.226. The normalized spacial score (nSPS) is 10.6. The molecule has 0 radical (unpaired) electrons. The maximum absolute atomic E-state index is 12.4. The number of aromatic nitrogens is 3. The lowest BCUT2D eigenvalue weighted by Gasteiger charge is -2.11. The Hall–Kier alpha value is -3.13. The van der Waals surface area contributed by atoms with E-state index in [1.807, 2.05) is 0 Å². The van der Waals surface area contributed by atoms with Gasteiger partial charge >= 0.3 is 0 Å². The molecule has 0 spiro atoms. The largest absolute Gasteiger partial charge is 0.493 e. The van der Waals surface area contributed by atoms with E-state index in [2.05, 4.69) is 15.4 Å². The fourth-order valence-electron chi connectivity index (χ4n) is 2.38. The molecule has 2 aromatic heterocycles. The summed E-state index contributed by atoms with van der Waals surface area (Å²) in [6, 6.07) is 6.80. The van der Waals surface area contributed by atoms with E-state index in [9.17, 15) is 4.79 Å². The highest BCUT2D eigenvalue weighted by molar-refractivity contribution is 5.94. The van der Waals surface area contributed by atoms with E-state index in [0.29, 0.717) is 42.4 Å². The molecule has 0 saturated heterocycles. The number of amides is 1. The molecule has 0 aliphatic carbocycles. The van der Waals surface area contributed by atoms with Gasteiger partial charge in [0.1, 0.15) is 6.61 Å². The van der Waals surface area contributed by atoms with E-state index in [1.165, 1.54) is 0 Å². The van der Waals surface area contributed by atoms with Crippen molar-refractivity contribution in [2.24, 2.45) is 5.73 Å². The lowest BCUT2D eigenvalue weighted by atomic mass is 10.2. The van der Waals surface area contributed by atoms with Gasteiger partial charge < -0.3 is 20.5 Å². The maximum atomic E-state index is 12.4. The van der Waals surface area contributed by atoms with Crippen molar-refractivity contribution in [1.29, 1.82) is 0 Å². The molecule has 8 nitrogen and oxygen atoms in total. The predicted octanol–water partition coefficient (Wildman–Crippen LogP) is 1.01. The zero-order valence-electron chi connectivity index (χ0n) is 13.8. The van der Waals surface area contributed by atoms with E-state index in [1.54, 1.807) is 54.5 Å². The van der Waals surface area contributed by atoms with Crippen molar-refractivity contribution < 1.29 is 14.3 Å². The number of carbonyl (C=O) groups excluding carboxylic acids is 1. The summed E-state index contributed by atoms with van der Waals surface area (Å²) < 4.78 is 12.4. The van der Waals surface area contributed by atoms with E-state index in [0.717, 1.165) is 5.56 Å². The first kappa shape index (κ1) is 16.7. The Bertz CT molecular complexity index is 878. The van der Waals surface area contributed by atoms with Gasteiger partial charge in [0.05, 0.1) is 13.3 Å². The molecule has 0 bridgehead atoms. The Morgan fingerprint density at radius 2 is 2.24 bits per heavy atom. The molecule has 1 aromatic carbocycles. The number of fused-ring (bicyclic) bond motifs is 1. The van der Waals surface area contributed by atoms with Crippen LogP contribution in [0.4, 0.5) is 0 Å². The molecule has 0 saturated carbocycles. The molecule has 8 heteroatoms. The van der Waals surface area contributed by atoms with Gasteiger partial charge in [0, 0.05) is 36.6 Å². The summed E-state index contributed by atoms with van der Waals surface area (Å²) in [6.07, 6.45) is 5.18. The van der Waals surface area contributed by atoms with Crippen molar-refractivity contribution in [3.8, 4) is 11.5 Å². The number of ether oxygens (including phenoxy) is 2.